The minimum Gasteiger partial charge on any atom is -0.456 e. The van der Waals surface area contributed by atoms with Crippen molar-refractivity contribution in [1.82, 2.24) is 4.90 Å². The van der Waals surface area contributed by atoms with Crippen LogP contribution in [0, 0.1) is 29.6 Å². The Balaban J connectivity index is 1.45. The summed E-state index contributed by atoms with van der Waals surface area (Å²) in [6.07, 6.45) is 2.63. The number of halogens is 1. The second-order valence-electron chi connectivity index (χ2n) is 19.6. The Hall–Kier alpha value is -3.37. The summed E-state index contributed by atoms with van der Waals surface area (Å²) in [5.41, 5.74) is 2.27. The highest BCUT2D eigenvalue weighted by Gasteiger charge is 2.57. The van der Waals surface area contributed by atoms with Crippen LogP contribution in [-0.2, 0) is 54.0 Å². The number of fused-ring (bicyclic) bond motifs is 3. The van der Waals surface area contributed by atoms with Gasteiger partial charge in [0, 0.05) is 58.7 Å². The number of nitrogens with zero attached hydrogens (tertiary/aromatic N) is 1. The van der Waals surface area contributed by atoms with E-state index in [4.69, 9.17) is 28.4 Å². The number of Topliss-reactive ketones (excluding diaryl/α,β-unsaturated/α-hetero) is 2. The SMILES string of the molecule is CCC1/C=C(\C)C(F)C(C)CC(OC)C2OC(O)(C(=O)C(=O)N3CCCCC3C(=O)OC(C(C)=CC3CCC(OCCCc4ccccc4)C(OC)C3)C(C)C(O)CC1=O)C(C)CC2OC. The monoisotopic (exact) mass is 928 g/mol. The van der Waals surface area contributed by atoms with Crippen LogP contribution in [0.4, 0.5) is 4.39 Å². The summed E-state index contributed by atoms with van der Waals surface area (Å²) in [4.78, 5) is 58.3. The van der Waals surface area contributed by atoms with Gasteiger partial charge < -0.3 is 43.5 Å². The maximum Gasteiger partial charge on any atom is 0.329 e. The molecule has 3 aliphatic heterocycles. The number of rotatable bonds is 11. The average Bonchev–Trinajstić information content (AvgIpc) is 3.32. The number of amides is 1. The van der Waals surface area contributed by atoms with Crippen molar-refractivity contribution in [3.05, 3.63) is 59.2 Å². The molecule has 15 unspecified atom stereocenters. The number of hydrogen-bond donors (Lipinski definition) is 2. The van der Waals surface area contributed by atoms with Crippen molar-refractivity contribution in [2.24, 2.45) is 29.6 Å². The van der Waals surface area contributed by atoms with Gasteiger partial charge in [0.05, 0.1) is 30.5 Å². The van der Waals surface area contributed by atoms with Gasteiger partial charge in [-0.1, -0.05) is 70.2 Å². The van der Waals surface area contributed by atoms with Crippen molar-refractivity contribution in [3.8, 4) is 0 Å². The molecular formula is C52H78FNO12. The summed E-state index contributed by atoms with van der Waals surface area (Å²) in [5.74, 6) is -8.97. The lowest BCUT2D eigenvalue weighted by Crippen LogP contribution is -2.64. The molecule has 0 spiro atoms. The first-order valence-electron chi connectivity index (χ1n) is 24.4. The molecule has 2 N–H and O–H groups in total. The van der Waals surface area contributed by atoms with Gasteiger partial charge in [-0.05, 0) is 113 Å². The van der Waals surface area contributed by atoms with E-state index in [1.165, 1.54) is 19.8 Å². The number of hydrogen-bond acceptors (Lipinski definition) is 12. The van der Waals surface area contributed by atoms with E-state index >= 15 is 4.39 Å². The number of cyclic esters (lactones) is 1. The Kier molecular flexibility index (Phi) is 20.1. The maximum absolute atomic E-state index is 16.3. The average molecular weight is 928 g/mol. The molecular weight excluding hydrogens is 850 g/mol. The van der Waals surface area contributed by atoms with Gasteiger partial charge in [0.25, 0.3) is 11.7 Å². The topological polar surface area (TPSA) is 167 Å². The number of aliphatic hydroxyl groups excluding tert-OH is 1. The lowest BCUT2D eigenvalue weighted by Gasteiger charge is -2.47. The third-order valence-electron chi connectivity index (χ3n) is 14.9. The Bertz CT molecular complexity index is 1820. The van der Waals surface area contributed by atoms with Gasteiger partial charge in [-0.3, -0.25) is 14.4 Å². The Morgan fingerprint density at radius 1 is 0.924 bits per heavy atom. The molecule has 2 bridgehead atoms. The molecule has 1 amide bonds. The number of methoxy groups -OCH3 is 3. The Labute approximate surface area is 392 Å². The summed E-state index contributed by atoms with van der Waals surface area (Å²) in [5, 5.41) is 23.9. The normalized spacial score (nSPS) is 38.2. The zero-order valence-electron chi connectivity index (χ0n) is 40.8. The lowest BCUT2D eigenvalue weighted by atomic mass is 9.81. The van der Waals surface area contributed by atoms with Gasteiger partial charge >= 0.3 is 5.97 Å². The first-order chi connectivity index (χ1) is 31.5. The summed E-state index contributed by atoms with van der Waals surface area (Å²) < 4.78 is 52.8. The predicted octanol–water partition coefficient (Wildman–Crippen LogP) is 7.08. The van der Waals surface area contributed by atoms with Crippen molar-refractivity contribution >= 4 is 23.4 Å². The van der Waals surface area contributed by atoms with Crippen LogP contribution in [-0.4, -0.2) is 134 Å². The molecule has 3 heterocycles. The molecule has 1 aromatic rings. The molecule has 0 aromatic heterocycles. The van der Waals surface area contributed by atoms with Crippen molar-refractivity contribution in [3.63, 3.8) is 0 Å². The number of ketones is 2. The minimum atomic E-state index is -2.60. The molecule has 14 heteroatoms. The molecule has 1 aromatic carbocycles. The van der Waals surface area contributed by atoms with E-state index in [-0.39, 0.29) is 56.1 Å². The van der Waals surface area contributed by atoms with Crippen LogP contribution in [0.5, 0.6) is 0 Å². The van der Waals surface area contributed by atoms with Gasteiger partial charge in [0.15, 0.2) is 0 Å². The van der Waals surface area contributed by atoms with E-state index < -0.39 is 89.9 Å². The summed E-state index contributed by atoms with van der Waals surface area (Å²) in [7, 11) is 4.57. The van der Waals surface area contributed by atoms with Gasteiger partial charge in [-0.2, -0.15) is 0 Å². The number of alkyl halides is 1. The van der Waals surface area contributed by atoms with E-state index in [1.807, 2.05) is 38.1 Å². The van der Waals surface area contributed by atoms with E-state index in [9.17, 15) is 29.4 Å². The predicted molar refractivity (Wildman–Crippen MR) is 247 cm³/mol. The first kappa shape index (κ1) is 53.6. The zero-order chi connectivity index (χ0) is 48.3. The smallest absolute Gasteiger partial charge is 0.329 e. The van der Waals surface area contributed by atoms with E-state index in [0.29, 0.717) is 43.4 Å². The van der Waals surface area contributed by atoms with Crippen LogP contribution in [0.3, 0.4) is 0 Å². The zero-order valence-corrected chi connectivity index (χ0v) is 40.8. The molecule has 66 heavy (non-hydrogen) atoms. The van der Waals surface area contributed by atoms with Gasteiger partial charge in [-0.15, -0.1) is 0 Å². The molecule has 15 atom stereocenters. The van der Waals surface area contributed by atoms with Crippen LogP contribution < -0.4 is 0 Å². The van der Waals surface area contributed by atoms with Gasteiger partial charge in [0.1, 0.15) is 30.2 Å². The molecule has 13 nitrogen and oxygen atoms in total. The number of ether oxygens (including phenoxy) is 6. The number of carbonyl (C=O) groups is 4. The number of piperidine rings is 1. The number of carbonyl (C=O) groups excluding carboxylic acids is 4. The third kappa shape index (κ3) is 13.0. The highest BCUT2D eigenvalue weighted by molar-refractivity contribution is 6.39. The number of benzene rings is 1. The van der Waals surface area contributed by atoms with Crippen molar-refractivity contribution in [2.45, 2.75) is 179 Å². The van der Waals surface area contributed by atoms with Crippen LogP contribution in [0.25, 0.3) is 0 Å². The number of esters is 1. The van der Waals surface area contributed by atoms with Crippen LogP contribution in [0.15, 0.2) is 53.6 Å². The van der Waals surface area contributed by atoms with Crippen LogP contribution in [0.2, 0.25) is 0 Å². The fraction of sp³-hybridized carbons (Fsp3) is 0.731. The first-order valence-corrected chi connectivity index (χ1v) is 24.4. The van der Waals surface area contributed by atoms with Crippen molar-refractivity contribution < 1.29 is 62.2 Å². The van der Waals surface area contributed by atoms with Crippen LogP contribution in [0.1, 0.15) is 118 Å². The van der Waals surface area contributed by atoms with E-state index in [2.05, 4.69) is 12.1 Å². The molecule has 2 saturated heterocycles. The molecule has 1 aliphatic carbocycles. The molecule has 5 rings (SSSR count). The summed E-state index contributed by atoms with van der Waals surface area (Å²) in [6, 6.07) is 9.12. The quantitative estimate of drug-likeness (QED) is 0.100. The second-order valence-corrected chi connectivity index (χ2v) is 19.6. The lowest BCUT2D eigenvalue weighted by molar-refractivity contribution is -0.302. The van der Waals surface area contributed by atoms with E-state index in [0.717, 1.165) is 30.6 Å². The Morgan fingerprint density at radius 2 is 1.61 bits per heavy atom. The van der Waals surface area contributed by atoms with Crippen molar-refractivity contribution in [2.75, 3.05) is 34.5 Å². The van der Waals surface area contributed by atoms with Crippen LogP contribution >= 0.6 is 0 Å². The largest absolute Gasteiger partial charge is 0.456 e. The number of aliphatic hydroxyl groups is 2. The maximum atomic E-state index is 16.3. The summed E-state index contributed by atoms with van der Waals surface area (Å²) in [6.45, 7) is 11.0. The molecule has 0 radical (unpaired) electrons. The van der Waals surface area contributed by atoms with E-state index in [1.54, 1.807) is 40.9 Å². The second kappa shape index (κ2) is 24.8. The summed E-state index contributed by atoms with van der Waals surface area (Å²) >= 11 is 0. The highest BCUT2D eigenvalue weighted by atomic mass is 19.1. The molecule has 3 fully saturated rings. The van der Waals surface area contributed by atoms with Gasteiger partial charge in [0.2, 0.25) is 5.79 Å². The fourth-order valence-electron chi connectivity index (χ4n) is 10.6. The Morgan fingerprint density at radius 3 is 2.27 bits per heavy atom. The third-order valence-corrected chi connectivity index (χ3v) is 14.9. The highest BCUT2D eigenvalue weighted by Crippen LogP contribution is 2.40. The number of allylic oxidation sites excluding steroid dienone is 3. The minimum absolute atomic E-state index is 0.0189. The molecule has 4 aliphatic rings. The molecule has 370 valence electrons. The van der Waals surface area contributed by atoms with Gasteiger partial charge in [-0.25, -0.2) is 9.18 Å². The standard InChI is InChI=1S/C52H78FNO12/c1-10-38-26-31(2)46(53)32(3)27-44(62-8)48-45(63-9)28-34(5)52(60,66-48)49(57)50(58)54-23-15-14-20-39(54)51(59)65-47(35(6)40(55)30-41(38)56)33(4)25-37-21-22-42(43(29-37)61-7)64-24-16-19-36-17-12-11-13-18-36/h11-13,17-18,25-26,32,34-35,37-40,42-48,55,60H,10,14-16,19-24,27-30H2,1-9H3/b31-26+,33-25?. The fourth-order valence-corrected chi connectivity index (χ4v) is 10.6. The molecule has 1 saturated carbocycles. The number of aryl methyl sites for hydroxylation is 1. The van der Waals surface area contributed by atoms with Crippen molar-refractivity contribution in [1.29, 1.82) is 0 Å².